The van der Waals surface area contributed by atoms with E-state index in [9.17, 15) is 10.4 Å². The summed E-state index contributed by atoms with van der Waals surface area (Å²) < 4.78 is 14.8. The van der Waals surface area contributed by atoms with Gasteiger partial charge in [0, 0.05) is 6.42 Å². The summed E-state index contributed by atoms with van der Waals surface area (Å²) in [6.07, 6.45) is 1.12. The third kappa shape index (κ3) is 4.02. The standard InChI is InChI=1S/C28H30N5O3Si/c1-27(2,3)37(21-10-6-4-7-11-21,22-12-8-5-9-13-22)35-17-20-16-25(34)28(18-29,36-20)24-15-14-23-26(30)31-19-32-33(23)24/h4-16,19-20,25,34H,17H2,1-3H3,(H2,30,31,32)/t20-,25-,28+/m1/s1. The molecule has 0 spiro atoms. The van der Waals surface area contributed by atoms with E-state index in [1.165, 1.54) is 10.8 Å². The van der Waals surface area contributed by atoms with Crippen LogP contribution in [0.15, 0.2) is 79.1 Å². The quantitative estimate of drug-likeness (QED) is 0.381. The van der Waals surface area contributed by atoms with Crippen LogP contribution in [-0.4, -0.2) is 46.8 Å². The molecular weight excluding hydrogens is 482 g/mol. The highest BCUT2D eigenvalue weighted by atomic mass is 28.4. The largest absolute Gasteiger partial charge is 0.405 e. The maximum atomic E-state index is 11.1. The van der Waals surface area contributed by atoms with Gasteiger partial charge in [-0.15, -0.1) is 0 Å². The molecule has 3 heterocycles. The number of aliphatic hydroxyl groups excluding tert-OH is 1. The molecule has 1 saturated heterocycles. The van der Waals surface area contributed by atoms with E-state index in [1.807, 2.05) is 36.4 Å². The summed E-state index contributed by atoms with van der Waals surface area (Å²) >= 11 is 0. The number of rotatable bonds is 6. The number of nitrogen functional groups attached to an aromatic ring is 1. The van der Waals surface area contributed by atoms with Crippen molar-refractivity contribution in [2.75, 3.05) is 12.3 Å². The summed E-state index contributed by atoms with van der Waals surface area (Å²) in [6.45, 7) is 6.77. The number of aromatic nitrogens is 3. The molecule has 0 aliphatic carbocycles. The fourth-order valence-electron chi connectivity index (χ4n) is 5.34. The fraction of sp³-hybridized carbons (Fsp3) is 0.286. The molecule has 8 nitrogen and oxygen atoms in total. The Morgan fingerprint density at radius 3 is 2.27 bits per heavy atom. The maximum Gasteiger partial charge on any atom is 0.261 e. The summed E-state index contributed by atoms with van der Waals surface area (Å²) in [7, 11) is -2.82. The molecule has 3 atom stereocenters. The Kier molecular flexibility index (Phi) is 6.37. The number of hydrogen-bond donors (Lipinski definition) is 2. The van der Waals surface area contributed by atoms with Gasteiger partial charge in [0.2, 0.25) is 5.60 Å². The molecule has 9 heteroatoms. The zero-order valence-corrected chi connectivity index (χ0v) is 22.1. The van der Waals surface area contributed by atoms with Gasteiger partial charge in [-0.25, -0.2) is 9.50 Å². The van der Waals surface area contributed by atoms with Gasteiger partial charge in [0.05, 0.1) is 18.4 Å². The van der Waals surface area contributed by atoms with Gasteiger partial charge in [0.25, 0.3) is 8.32 Å². The lowest BCUT2D eigenvalue weighted by Gasteiger charge is -2.43. The second kappa shape index (κ2) is 9.39. The zero-order valence-electron chi connectivity index (χ0n) is 21.1. The van der Waals surface area contributed by atoms with Crippen LogP contribution in [0.25, 0.3) is 5.52 Å². The van der Waals surface area contributed by atoms with E-state index in [-0.39, 0.29) is 17.5 Å². The monoisotopic (exact) mass is 512 g/mol. The van der Waals surface area contributed by atoms with Crippen LogP contribution in [0.1, 0.15) is 26.5 Å². The highest BCUT2D eigenvalue weighted by Crippen LogP contribution is 2.41. The minimum atomic E-state index is -2.82. The second-order valence-corrected chi connectivity index (χ2v) is 14.6. The predicted octanol–water partition coefficient (Wildman–Crippen LogP) is 2.57. The van der Waals surface area contributed by atoms with Gasteiger partial charge >= 0.3 is 0 Å². The number of nitrogens with zero attached hydrogens (tertiary/aromatic N) is 4. The number of benzene rings is 2. The van der Waals surface area contributed by atoms with Crippen LogP contribution in [0.3, 0.4) is 0 Å². The van der Waals surface area contributed by atoms with E-state index < -0.39 is 26.1 Å². The van der Waals surface area contributed by atoms with Crippen LogP contribution in [0.2, 0.25) is 5.04 Å². The first-order valence-corrected chi connectivity index (χ1v) is 14.1. The highest BCUT2D eigenvalue weighted by Gasteiger charge is 2.55. The Hall–Kier alpha value is -3.55. The van der Waals surface area contributed by atoms with Crippen molar-refractivity contribution in [3.8, 4) is 6.07 Å². The number of fused-ring (bicyclic) bond motifs is 1. The lowest BCUT2D eigenvalue weighted by molar-refractivity contribution is -0.0611. The van der Waals surface area contributed by atoms with Crippen molar-refractivity contribution in [1.82, 2.24) is 14.6 Å². The number of nitriles is 1. The lowest BCUT2D eigenvalue weighted by Crippen LogP contribution is -2.67. The Labute approximate surface area is 217 Å². The van der Waals surface area contributed by atoms with Gasteiger partial charge in [0.15, 0.2) is 5.82 Å². The summed E-state index contributed by atoms with van der Waals surface area (Å²) in [5.74, 6) is 0.275. The first kappa shape index (κ1) is 25.1. The molecule has 3 N–H and O–H groups in total. The minimum absolute atomic E-state index is 0.175. The van der Waals surface area contributed by atoms with E-state index in [1.54, 1.807) is 18.6 Å². The van der Waals surface area contributed by atoms with E-state index in [0.29, 0.717) is 11.2 Å². The van der Waals surface area contributed by atoms with Crippen LogP contribution in [0, 0.1) is 17.8 Å². The van der Waals surface area contributed by atoms with E-state index >= 15 is 0 Å². The number of aliphatic hydroxyl groups is 1. The molecule has 4 aromatic rings. The van der Waals surface area contributed by atoms with Gasteiger partial charge in [-0.05, 0) is 27.5 Å². The fourth-order valence-corrected chi connectivity index (χ4v) is 9.91. The summed E-state index contributed by atoms with van der Waals surface area (Å²) in [5.41, 5.74) is 5.24. The van der Waals surface area contributed by atoms with Crippen molar-refractivity contribution < 1.29 is 14.3 Å². The number of hydrogen-bond acceptors (Lipinski definition) is 7. The van der Waals surface area contributed by atoms with Crippen molar-refractivity contribution in [3.05, 3.63) is 91.2 Å². The zero-order chi connectivity index (χ0) is 26.3. The first-order chi connectivity index (χ1) is 17.7. The van der Waals surface area contributed by atoms with Gasteiger partial charge in [-0.3, -0.25) is 0 Å². The second-order valence-electron chi connectivity index (χ2n) is 10.3. The molecule has 189 valence electrons. The van der Waals surface area contributed by atoms with Crippen molar-refractivity contribution in [3.63, 3.8) is 0 Å². The molecule has 37 heavy (non-hydrogen) atoms. The van der Waals surface area contributed by atoms with E-state index in [0.717, 1.165) is 10.4 Å². The van der Waals surface area contributed by atoms with Crippen molar-refractivity contribution in [1.29, 1.82) is 5.26 Å². The lowest BCUT2D eigenvalue weighted by atomic mass is 9.94. The topological polar surface area (TPSA) is 119 Å². The Morgan fingerprint density at radius 2 is 1.70 bits per heavy atom. The van der Waals surface area contributed by atoms with Crippen molar-refractivity contribution in [2.45, 2.75) is 43.6 Å². The van der Waals surface area contributed by atoms with Crippen molar-refractivity contribution >= 4 is 30.0 Å². The van der Waals surface area contributed by atoms with E-state index in [4.69, 9.17) is 14.9 Å². The van der Waals surface area contributed by atoms with Crippen LogP contribution in [0.4, 0.5) is 5.82 Å². The summed E-state index contributed by atoms with van der Waals surface area (Å²) in [4.78, 5) is 4.00. The summed E-state index contributed by atoms with van der Waals surface area (Å²) in [6, 6.07) is 26.2. The highest BCUT2D eigenvalue weighted by molar-refractivity contribution is 6.99. The van der Waals surface area contributed by atoms with Crippen LogP contribution in [0.5, 0.6) is 0 Å². The van der Waals surface area contributed by atoms with Crippen LogP contribution < -0.4 is 16.1 Å². The Bertz CT molecular complexity index is 1390. The van der Waals surface area contributed by atoms with Crippen LogP contribution >= 0.6 is 0 Å². The third-order valence-corrected chi connectivity index (χ3v) is 12.1. The van der Waals surface area contributed by atoms with Gasteiger partial charge in [-0.1, -0.05) is 81.4 Å². The van der Waals surface area contributed by atoms with Gasteiger partial charge in [-0.2, -0.15) is 10.4 Å². The van der Waals surface area contributed by atoms with Crippen molar-refractivity contribution in [2.24, 2.45) is 0 Å². The third-order valence-electron chi connectivity index (χ3n) is 7.06. The molecule has 0 unspecified atom stereocenters. The minimum Gasteiger partial charge on any atom is -0.405 e. The number of anilines is 1. The molecule has 5 rings (SSSR count). The molecule has 1 aliphatic rings. The van der Waals surface area contributed by atoms with Crippen LogP contribution in [-0.2, 0) is 14.8 Å². The smallest absolute Gasteiger partial charge is 0.261 e. The SMILES string of the molecule is CC(C)(C)[Si](OC[C@H]1[CH][C@@H](O)[C@](C#N)(c2ccc3c(N)ncnn23)O1)(c1ccccc1)c1ccccc1. The number of ether oxygens (including phenoxy) is 1. The predicted molar refractivity (Wildman–Crippen MR) is 143 cm³/mol. The average molecular weight is 513 g/mol. The average Bonchev–Trinajstić information content (AvgIpc) is 3.47. The van der Waals surface area contributed by atoms with Gasteiger partial charge < -0.3 is 20.0 Å². The first-order valence-electron chi connectivity index (χ1n) is 12.2. The normalized spacial score (nSPS) is 22.2. The molecule has 2 aromatic heterocycles. The molecule has 1 aliphatic heterocycles. The molecule has 1 radical (unpaired) electrons. The molecule has 2 aromatic carbocycles. The maximum absolute atomic E-state index is 11.1. The summed E-state index contributed by atoms with van der Waals surface area (Å²) in [5, 5.41) is 27.7. The molecule has 0 bridgehead atoms. The number of nitrogens with two attached hydrogens (primary N) is 1. The van der Waals surface area contributed by atoms with E-state index in [2.05, 4.69) is 61.2 Å². The molecule has 1 fully saturated rings. The molecule has 0 saturated carbocycles. The Balaban J connectivity index is 1.50. The molecule has 0 amide bonds. The van der Waals surface area contributed by atoms with Gasteiger partial charge in [0.1, 0.15) is 24.0 Å². The Morgan fingerprint density at radius 1 is 1.08 bits per heavy atom. The molecular formula is C28H30N5O3Si.